The van der Waals surface area contributed by atoms with Crippen LogP contribution >= 0.6 is 0 Å². The van der Waals surface area contributed by atoms with E-state index in [4.69, 9.17) is 9.73 Å². The van der Waals surface area contributed by atoms with Crippen LogP contribution in [0.2, 0.25) is 0 Å². The second kappa shape index (κ2) is 8.45. The molecule has 3 aromatic rings. The van der Waals surface area contributed by atoms with Crippen molar-refractivity contribution >= 4 is 22.5 Å². The number of pyridine rings is 1. The quantitative estimate of drug-likeness (QED) is 0.547. The van der Waals surface area contributed by atoms with Crippen LogP contribution in [0, 0.1) is 11.3 Å². The van der Waals surface area contributed by atoms with E-state index in [9.17, 15) is 9.47 Å². The molecule has 0 spiro atoms. The number of nitriles is 1. The molecular weight excluding hydrogens is 432 g/mol. The van der Waals surface area contributed by atoms with E-state index in [1.165, 1.54) is 0 Å². The van der Waals surface area contributed by atoms with Crippen molar-refractivity contribution in [2.45, 2.75) is 49.6 Å². The van der Waals surface area contributed by atoms with Crippen LogP contribution in [0.3, 0.4) is 0 Å². The molecule has 7 heteroatoms. The van der Waals surface area contributed by atoms with E-state index in [0.29, 0.717) is 17.3 Å². The van der Waals surface area contributed by atoms with E-state index < -0.39 is 11.0 Å². The van der Waals surface area contributed by atoms with E-state index in [2.05, 4.69) is 21.8 Å². The number of aliphatic imine (C=N–C) groups is 1. The summed E-state index contributed by atoms with van der Waals surface area (Å²) in [6, 6.07) is 19.7. The van der Waals surface area contributed by atoms with Crippen LogP contribution in [0.25, 0.3) is 0 Å². The number of benzene rings is 2. The largest absolute Gasteiger partial charge is 0.491 e. The van der Waals surface area contributed by atoms with E-state index in [1.807, 2.05) is 62.4 Å². The molecule has 1 N–H and O–H groups in total. The molecule has 1 unspecified atom stereocenters. The third-order valence-corrected chi connectivity index (χ3v) is 7.03. The Morgan fingerprint density at radius 1 is 1.12 bits per heavy atom. The van der Waals surface area contributed by atoms with Gasteiger partial charge in [0.15, 0.2) is 11.0 Å². The van der Waals surface area contributed by atoms with Gasteiger partial charge in [0.1, 0.15) is 11.6 Å². The Morgan fingerprint density at radius 3 is 2.61 bits per heavy atom. The highest BCUT2D eigenvalue weighted by Gasteiger charge is 2.44. The predicted octanol–water partition coefficient (Wildman–Crippen LogP) is 4.91. The Hall–Kier alpha value is -3.50. The molecule has 1 atom stereocenters. The predicted molar refractivity (Wildman–Crippen MR) is 129 cm³/mol. The van der Waals surface area contributed by atoms with Crippen molar-refractivity contribution in [1.82, 2.24) is 4.98 Å². The lowest BCUT2D eigenvalue weighted by Gasteiger charge is -2.12. The molecule has 0 bridgehead atoms. The minimum absolute atomic E-state index is 0.0975. The van der Waals surface area contributed by atoms with Crippen molar-refractivity contribution in [3.05, 3.63) is 83.0 Å². The molecule has 2 heterocycles. The van der Waals surface area contributed by atoms with Gasteiger partial charge in [-0.05, 0) is 74.2 Å². The fraction of sp³-hybridized carbons (Fsp3) is 0.269. The summed E-state index contributed by atoms with van der Waals surface area (Å²) in [4.78, 5) is 9.70. The van der Waals surface area contributed by atoms with Crippen LogP contribution in [0.4, 0.5) is 5.82 Å². The molecule has 1 aliphatic heterocycles. The molecule has 1 aromatic heterocycles. The van der Waals surface area contributed by atoms with Crippen molar-refractivity contribution in [3.63, 3.8) is 0 Å². The van der Waals surface area contributed by atoms with Gasteiger partial charge in [0.2, 0.25) is 0 Å². The number of aromatic nitrogens is 1. The number of nitrogens with zero attached hydrogens (tertiary/aromatic N) is 3. The number of hydrogen-bond donors (Lipinski definition) is 1. The molecule has 33 heavy (non-hydrogen) atoms. The second-order valence-electron chi connectivity index (χ2n) is 8.67. The maximum atomic E-state index is 12.9. The first-order valence-electron chi connectivity index (χ1n) is 11.0. The maximum absolute atomic E-state index is 12.9. The summed E-state index contributed by atoms with van der Waals surface area (Å²) in [5, 5.41) is 9.37. The van der Waals surface area contributed by atoms with E-state index in [0.717, 1.165) is 46.6 Å². The van der Waals surface area contributed by atoms with E-state index in [1.54, 1.807) is 6.20 Å². The fourth-order valence-electron chi connectivity index (χ4n) is 4.03. The normalized spacial score (nSPS) is 16.5. The summed E-state index contributed by atoms with van der Waals surface area (Å²) in [5.41, 5.74) is 4.64. The molecule has 1 aliphatic carbocycles. The number of nitrogens with one attached hydrogen (secondary N) is 1. The average molecular weight is 457 g/mol. The Labute approximate surface area is 195 Å². The van der Waals surface area contributed by atoms with Crippen LogP contribution in [-0.2, 0) is 22.9 Å². The van der Waals surface area contributed by atoms with Gasteiger partial charge >= 0.3 is 0 Å². The van der Waals surface area contributed by atoms with Crippen LogP contribution < -0.4 is 9.46 Å². The lowest BCUT2D eigenvalue weighted by atomic mass is 9.98. The highest BCUT2D eigenvalue weighted by molar-refractivity contribution is 7.86. The standard InChI is InChI=1S/C26H24N4O2S/c1-17(2)32-21-6-3-19-15-29-25(23(19)14-21)18-9-12-28-24(13-18)30-33(31)22-7-4-20(5-8-22)26(16-27)10-11-26/h3-9,12-14,17H,10-11,15H2,1-2H3,(H,28,30). The SMILES string of the molecule is CC(C)Oc1ccc2c(c1)C(c1ccnc(NS(=O)c3ccc(C4(C#N)CC4)cc3)c1)=NC2. The first-order chi connectivity index (χ1) is 16.0. The minimum atomic E-state index is -1.47. The Bertz CT molecular complexity index is 1300. The van der Waals surface area contributed by atoms with Crippen LogP contribution in [0.15, 0.2) is 70.7 Å². The summed E-state index contributed by atoms with van der Waals surface area (Å²) in [7, 11) is -1.47. The first-order valence-corrected chi connectivity index (χ1v) is 12.1. The first kappa shape index (κ1) is 21.4. The van der Waals surface area contributed by atoms with Gasteiger partial charge in [-0.2, -0.15) is 5.26 Å². The zero-order valence-corrected chi connectivity index (χ0v) is 19.4. The van der Waals surface area contributed by atoms with Crippen LogP contribution in [0.5, 0.6) is 5.75 Å². The van der Waals surface area contributed by atoms with Gasteiger partial charge in [-0.1, -0.05) is 18.2 Å². The number of anilines is 1. The lowest BCUT2D eigenvalue weighted by molar-refractivity contribution is 0.242. The molecule has 0 amide bonds. The fourth-order valence-corrected chi connectivity index (χ4v) is 4.83. The molecule has 6 nitrogen and oxygen atoms in total. The summed E-state index contributed by atoms with van der Waals surface area (Å²) in [6.45, 7) is 4.63. The number of ether oxygens (including phenoxy) is 1. The van der Waals surface area contributed by atoms with Crippen molar-refractivity contribution in [2.24, 2.45) is 4.99 Å². The van der Waals surface area contributed by atoms with Crippen molar-refractivity contribution in [3.8, 4) is 11.8 Å². The van der Waals surface area contributed by atoms with Gasteiger partial charge in [0.25, 0.3) is 0 Å². The number of fused-ring (bicyclic) bond motifs is 1. The molecule has 0 radical (unpaired) electrons. The average Bonchev–Trinajstić information content (AvgIpc) is 3.51. The topological polar surface area (TPSA) is 87.4 Å². The lowest BCUT2D eigenvalue weighted by Crippen LogP contribution is -2.09. The van der Waals surface area contributed by atoms with Gasteiger partial charge in [0, 0.05) is 17.3 Å². The van der Waals surface area contributed by atoms with Crippen LogP contribution in [-0.4, -0.2) is 21.0 Å². The molecule has 1 fully saturated rings. The summed E-state index contributed by atoms with van der Waals surface area (Å²) >= 11 is 0. The van der Waals surface area contributed by atoms with Crippen LogP contribution in [0.1, 0.15) is 48.9 Å². The monoisotopic (exact) mass is 456 g/mol. The van der Waals surface area contributed by atoms with Crippen molar-refractivity contribution < 1.29 is 8.95 Å². The summed E-state index contributed by atoms with van der Waals surface area (Å²) < 4.78 is 21.7. The highest BCUT2D eigenvalue weighted by atomic mass is 32.2. The zero-order chi connectivity index (χ0) is 23.0. The molecule has 5 rings (SSSR count). The molecule has 2 aromatic carbocycles. The Kier molecular flexibility index (Phi) is 5.47. The summed E-state index contributed by atoms with van der Waals surface area (Å²) in [6.07, 6.45) is 3.56. The van der Waals surface area contributed by atoms with E-state index >= 15 is 0 Å². The Morgan fingerprint density at radius 2 is 1.91 bits per heavy atom. The molecule has 166 valence electrons. The number of rotatable bonds is 7. The third kappa shape index (κ3) is 4.27. The van der Waals surface area contributed by atoms with Gasteiger partial charge < -0.3 is 4.74 Å². The Balaban J connectivity index is 1.34. The van der Waals surface area contributed by atoms with Crippen molar-refractivity contribution in [1.29, 1.82) is 5.26 Å². The smallest absolute Gasteiger partial charge is 0.151 e. The molecule has 2 aliphatic rings. The zero-order valence-electron chi connectivity index (χ0n) is 18.5. The van der Waals surface area contributed by atoms with E-state index in [-0.39, 0.29) is 11.5 Å². The van der Waals surface area contributed by atoms with Gasteiger partial charge in [-0.25, -0.2) is 9.19 Å². The third-order valence-electron chi connectivity index (χ3n) is 5.93. The number of hydrogen-bond acceptors (Lipinski definition) is 5. The van der Waals surface area contributed by atoms with Gasteiger partial charge in [-0.3, -0.25) is 9.71 Å². The van der Waals surface area contributed by atoms with Gasteiger partial charge in [0.05, 0.1) is 34.7 Å². The molecule has 1 saturated carbocycles. The molecular formula is C26H24N4O2S. The highest BCUT2D eigenvalue weighted by Crippen LogP contribution is 2.47. The maximum Gasteiger partial charge on any atom is 0.151 e. The van der Waals surface area contributed by atoms with Crippen molar-refractivity contribution in [2.75, 3.05) is 4.72 Å². The van der Waals surface area contributed by atoms with Gasteiger partial charge in [-0.15, -0.1) is 0 Å². The molecule has 0 saturated heterocycles. The minimum Gasteiger partial charge on any atom is -0.491 e. The summed E-state index contributed by atoms with van der Waals surface area (Å²) in [5.74, 6) is 1.33. The second-order valence-corrected chi connectivity index (χ2v) is 9.88.